The second-order valence-corrected chi connectivity index (χ2v) is 4.75. The minimum atomic E-state index is 0.717. The van der Waals surface area contributed by atoms with Crippen LogP contribution in [0.15, 0.2) is 36.4 Å². The Morgan fingerprint density at radius 2 is 1.95 bits per heavy atom. The third kappa shape index (κ3) is 2.18. The van der Waals surface area contributed by atoms with Crippen LogP contribution in [0.25, 0.3) is 22.6 Å². The fourth-order valence-electron chi connectivity index (χ4n) is 2.04. The fourth-order valence-corrected chi connectivity index (χ4v) is 2.04. The zero-order valence-electron chi connectivity index (χ0n) is 11.7. The average Bonchev–Trinajstić information content (AvgIpc) is 2.90. The number of hydrogen-bond acceptors (Lipinski definition) is 4. The number of aromatic amines is 1. The van der Waals surface area contributed by atoms with Crippen molar-refractivity contribution in [2.24, 2.45) is 0 Å². The van der Waals surface area contributed by atoms with Crippen molar-refractivity contribution in [1.29, 1.82) is 0 Å². The summed E-state index contributed by atoms with van der Waals surface area (Å²) in [5.41, 5.74) is 2.62. The molecule has 3 aromatic rings. The molecule has 0 saturated carbocycles. The largest absolute Gasteiger partial charge is 0.497 e. The first-order valence-electron chi connectivity index (χ1n) is 6.36. The number of hydrogen-bond donors (Lipinski definition) is 1. The normalized spacial score (nSPS) is 10.8. The van der Waals surface area contributed by atoms with E-state index in [0.29, 0.717) is 5.65 Å². The van der Waals surface area contributed by atoms with E-state index >= 15 is 0 Å². The summed E-state index contributed by atoms with van der Waals surface area (Å²) in [6.45, 7) is 0. The average molecular weight is 268 g/mol. The summed E-state index contributed by atoms with van der Waals surface area (Å²) in [6, 6.07) is 11.8. The maximum atomic E-state index is 5.24. The third-order valence-corrected chi connectivity index (χ3v) is 3.13. The Bertz CT molecular complexity index is 748. The topological polar surface area (TPSA) is 54.0 Å². The van der Waals surface area contributed by atoms with Gasteiger partial charge in [-0.2, -0.15) is 0 Å². The lowest BCUT2D eigenvalue weighted by molar-refractivity contribution is 0.415. The molecule has 102 valence electrons. The number of methoxy groups -OCH3 is 1. The van der Waals surface area contributed by atoms with Crippen LogP contribution in [0.3, 0.4) is 0 Å². The lowest BCUT2D eigenvalue weighted by atomic mass is 10.2. The van der Waals surface area contributed by atoms with Gasteiger partial charge in [-0.25, -0.2) is 9.97 Å². The van der Waals surface area contributed by atoms with Gasteiger partial charge < -0.3 is 14.6 Å². The number of anilines is 1. The first-order chi connectivity index (χ1) is 9.67. The number of nitrogens with zero attached hydrogens (tertiary/aromatic N) is 3. The van der Waals surface area contributed by atoms with E-state index in [1.165, 1.54) is 0 Å². The van der Waals surface area contributed by atoms with Crippen molar-refractivity contribution in [3.63, 3.8) is 0 Å². The van der Waals surface area contributed by atoms with Gasteiger partial charge in [-0.3, -0.25) is 0 Å². The summed E-state index contributed by atoms with van der Waals surface area (Å²) in [7, 11) is 5.58. The van der Waals surface area contributed by atoms with Gasteiger partial charge in [0.05, 0.1) is 12.6 Å². The number of pyridine rings is 1. The molecule has 2 aromatic heterocycles. The van der Waals surface area contributed by atoms with Crippen molar-refractivity contribution in [1.82, 2.24) is 15.0 Å². The number of H-pyrrole nitrogens is 1. The smallest absolute Gasteiger partial charge is 0.180 e. The first-order valence-corrected chi connectivity index (χ1v) is 6.36. The molecule has 3 rings (SSSR count). The molecule has 0 bridgehead atoms. The minimum absolute atomic E-state index is 0.717. The predicted octanol–water partition coefficient (Wildman–Crippen LogP) is 2.70. The van der Waals surface area contributed by atoms with Crippen LogP contribution >= 0.6 is 0 Å². The van der Waals surface area contributed by atoms with E-state index in [1.807, 2.05) is 55.4 Å². The molecule has 20 heavy (non-hydrogen) atoms. The quantitative estimate of drug-likeness (QED) is 0.793. The highest BCUT2D eigenvalue weighted by Crippen LogP contribution is 2.24. The molecule has 0 aliphatic heterocycles. The highest BCUT2D eigenvalue weighted by molar-refractivity contribution is 5.77. The summed E-state index contributed by atoms with van der Waals surface area (Å²) in [5.74, 6) is 2.49. The number of imidazole rings is 1. The van der Waals surface area contributed by atoms with Crippen molar-refractivity contribution in [2.45, 2.75) is 0 Å². The van der Waals surface area contributed by atoms with E-state index in [0.717, 1.165) is 28.5 Å². The zero-order valence-corrected chi connectivity index (χ0v) is 11.7. The molecule has 1 N–H and O–H groups in total. The van der Waals surface area contributed by atoms with E-state index < -0.39 is 0 Å². The molecule has 0 fully saturated rings. The van der Waals surface area contributed by atoms with Crippen molar-refractivity contribution < 1.29 is 4.74 Å². The van der Waals surface area contributed by atoms with Gasteiger partial charge in [-0.05, 0) is 24.3 Å². The molecule has 0 aliphatic rings. The molecule has 0 radical (unpaired) electrons. The molecule has 1 aromatic carbocycles. The number of fused-ring (bicyclic) bond motifs is 1. The van der Waals surface area contributed by atoms with Gasteiger partial charge in [0.2, 0.25) is 0 Å². The van der Waals surface area contributed by atoms with Gasteiger partial charge in [0.25, 0.3) is 0 Å². The van der Waals surface area contributed by atoms with Crippen LogP contribution in [0.5, 0.6) is 5.75 Å². The Kier molecular flexibility index (Phi) is 3.02. The lowest BCUT2D eigenvalue weighted by Gasteiger charge is -2.09. The lowest BCUT2D eigenvalue weighted by Crippen LogP contribution is -2.10. The molecule has 0 saturated heterocycles. The zero-order chi connectivity index (χ0) is 14.1. The molecular formula is C15H16N4O. The van der Waals surface area contributed by atoms with Crippen LogP contribution in [-0.2, 0) is 0 Å². The van der Waals surface area contributed by atoms with Crippen LogP contribution in [0, 0.1) is 0 Å². The maximum absolute atomic E-state index is 5.24. The first kappa shape index (κ1) is 12.5. The minimum Gasteiger partial charge on any atom is -0.497 e. The van der Waals surface area contributed by atoms with Gasteiger partial charge in [0, 0.05) is 19.7 Å². The number of nitrogens with one attached hydrogen (secondary N) is 1. The highest BCUT2D eigenvalue weighted by atomic mass is 16.5. The summed E-state index contributed by atoms with van der Waals surface area (Å²) in [4.78, 5) is 14.3. The monoisotopic (exact) mass is 268 g/mol. The van der Waals surface area contributed by atoms with Crippen molar-refractivity contribution in [3.8, 4) is 17.1 Å². The number of rotatable bonds is 3. The van der Waals surface area contributed by atoms with Gasteiger partial charge >= 0.3 is 0 Å². The second-order valence-electron chi connectivity index (χ2n) is 4.75. The summed E-state index contributed by atoms with van der Waals surface area (Å²) < 4.78 is 5.24. The molecular weight excluding hydrogens is 252 g/mol. The summed E-state index contributed by atoms with van der Waals surface area (Å²) in [6.07, 6.45) is 0. The Balaban J connectivity index is 2.08. The van der Waals surface area contributed by atoms with Gasteiger partial charge in [-0.1, -0.05) is 12.1 Å². The van der Waals surface area contributed by atoms with E-state index in [-0.39, 0.29) is 0 Å². The molecule has 0 atom stereocenters. The molecule has 5 nitrogen and oxygen atoms in total. The number of ether oxygens (including phenoxy) is 1. The van der Waals surface area contributed by atoms with Crippen LogP contribution in [-0.4, -0.2) is 36.2 Å². The maximum Gasteiger partial charge on any atom is 0.180 e. The van der Waals surface area contributed by atoms with Gasteiger partial charge in [0.1, 0.15) is 17.4 Å². The number of aromatic nitrogens is 3. The van der Waals surface area contributed by atoms with E-state index in [4.69, 9.17) is 4.74 Å². The van der Waals surface area contributed by atoms with Crippen LogP contribution in [0.4, 0.5) is 5.82 Å². The third-order valence-electron chi connectivity index (χ3n) is 3.13. The van der Waals surface area contributed by atoms with E-state index in [9.17, 15) is 0 Å². The van der Waals surface area contributed by atoms with E-state index in [2.05, 4.69) is 15.0 Å². The van der Waals surface area contributed by atoms with Crippen LogP contribution in [0.1, 0.15) is 0 Å². The molecule has 5 heteroatoms. The van der Waals surface area contributed by atoms with Crippen molar-refractivity contribution in [2.75, 3.05) is 26.1 Å². The standard InChI is InChI=1S/C15H16N4O/c1-19(2)13-8-7-12-15(17-13)18-14(16-12)10-5-4-6-11(9-10)20-3/h4-9H,1-3H3,(H,16,17,18). The fraction of sp³-hybridized carbons (Fsp3) is 0.200. The van der Waals surface area contributed by atoms with Crippen LogP contribution < -0.4 is 9.64 Å². The van der Waals surface area contributed by atoms with Gasteiger partial charge in [0.15, 0.2) is 5.65 Å². The molecule has 2 heterocycles. The molecule has 0 aliphatic carbocycles. The highest BCUT2D eigenvalue weighted by Gasteiger charge is 2.08. The molecule has 0 spiro atoms. The number of benzene rings is 1. The second kappa shape index (κ2) is 4.85. The van der Waals surface area contributed by atoms with Gasteiger partial charge in [-0.15, -0.1) is 0 Å². The molecule has 0 unspecified atom stereocenters. The predicted molar refractivity (Wildman–Crippen MR) is 80.2 cm³/mol. The SMILES string of the molecule is COc1cccc(-c2nc3nc(N(C)C)ccc3[nH]2)c1. The van der Waals surface area contributed by atoms with Crippen LogP contribution in [0.2, 0.25) is 0 Å². The Hall–Kier alpha value is -2.56. The summed E-state index contributed by atoms with van der Waals surface area (Å²) in [5, 5.41) is 0. The van der Waals surface area contributed by atoms with E-state index in [1.54, 1.807) is 7.11 Å². The Morgan fingerprint density at radius 3 is 2.70 bits per heavy atom. The molecule has 0 amide bonds. The summed E-state index contributed by atoms with van der Waals surface area (Å²) >= 11 is 0. The van der Waals surface area contributed by atoms with Crippen molar-refractivity contribution in [3.05, 3.63) is 36.4 Å². The Morgan fingerprint density at radius 1 is 1.10 bits per heavy atom. The van der Waals surface area contributed by atoms with Crippen molar-refractivity contribution >= 4 is 17.0 Å². The Labute approximate surface area is 117 Å².